The SMILES string of the molecule is Cc1ncnc2c1ncn2C1O[C@H](OP(=O)(O)OP(=O)(O)OCC(C)(C)[C@@H](O)C(=O)CCCC(=O)CCCC(C)C)[C@@H](OP(=O)(O)O)[C@H]1O. The highest BCUT2D eigenvalue weighted by Crippen LogP contribution is 2.62. The molecule has 6 N–H and O–H groups in total. The van der Waals surface area contributed by atoms with Gasteiger partial charge in [0.1, 0.15) is 29.8 Å². The monoisotopic (exact) mass is 760 g/mol. The molecule has 0 spiro atoms. The Labute approximate surface area is 281 Å². The Kier molecular flexibility index (Phi) is 14.1. The van der Waals surface area contributed by atoms with Gasteiger partial charge in [0.05, 0.1) is 18.6 Å². The van der Waals surface area contributed by atoms with Crippen molar-refractivity contribution in [3.63, 3.8) is 0 Å². The number of aromatic nitrogens is 4. The molecule has 3 heterocycles. The van der Waals surface area contributed by atoms with E-state index in [1.807, 2.05) is 13.8 Å². The predicted molar refractivity (Wildman–Crippen MR) is 167 cm³/mol. The summed E-state index contributed by atoms with van der Waals surface area (Å²) in [6, 6.07) is 0. The van der Waals surface area contributed by atoms with Crippen LogP contribution in [0, 0.1) is 18.3 Å². The van der Waals surface area contributed by atoms with Gasteiger partial charge < -0.3 is 34.5 Å². The normalized spacial score (nSPS) is 23.4. The van der Waals surface area contributed by atoms with Crippen molar-refractivity contribution in [1.82, 2.24) is 19.5 Å². The van der Waals surface area contributed by atoms with Crippen molar-refractivity contribution >= 4 is 46.2 Å². The molecule has 7 atom stereocenters. The van der Waals surface area contributed by atoms with Crippen molar-refractivity contribution < 1.29 is 75.7 Å². The van der Waals surface area contributed by atoms with Crippen molar-refractivity contribution in [2.75, 3.05) is 6.61 Å². The summed E-state index contributed by atoms with van der Waals surface area (Å²) in [5, 5.41) is 21.4. The number of aliphatic hydroxyl groups is 2. The average Bonchev–Trinajstić information content (AvgIpc) is 3.51. The van der Waals surface area contributed by atoms with Crippen LogP contribution in [-0.4, -0.2) is 92.1 Å². The van der Waals surface area contributed by atoms with Gasteiger partial charge in [-0.2, -0.15) is 4.31 Å². The molecule has 2 aromatic rings. The first-order chi connectivity index (χ1) is 22.5. The maximum absolute atomic E-state index is 12.8. The van der Waals surface area contributed by atoms with Gasteiger partial charge in [-0.05, 0) is 25.7 Å². The summed E-state index contributed by atoms with van der Waals surface area (Å²) < 4.78 is 62.0. The number of phosphoric acid groups is 3. The molecule has 3 unspecified atom stereocenters. The van der Waals surface area contributed by atoms with Gasteiger partial charge in [0.25, 0.3) is 0 Å². The Morgan fingerprint density at radius 3 is 2.29 bits per heavy atom. The molecular weight excluding hydrogens is 717 g/mol. The lowest BCUT2D eigenvalue weighted by Gasteiger charge is -2.30. The number of phosphoric ester groups is 3. The third-order valence-corrected chi connectivity index (χ3v) is 10.5. The molecule has 0 aromatic carbocycles. The van der Waals surface area contributed by atoms with Gasteiger partial charge in [-0.1, -0.05) is 34.1 Å². The minimum Gasteiger partial charge on any atom is -0.385 e. The third kappa shape index (κ3) is 12.1. The van der Waals surface area contributed by atoms with Crippen molar-refractivity contribution in [2.45, 2.75) is 104 Å². The molecule has 0 saturated carbocycles. The number of aryl methyl sites for hydroxylation is 1. The van der Waals surface area contributed by atoms with E-state index in [-0.39, 0.29) is 36.2 Å². The van der Waals surface area contributed by atoms with E-state index in [1.165, 1.54) is 20.2 Å². The van der Waals surface area contributed by atoms with Crippen LogP contribution in [0.5, 0.6) is 0 Å². The van der Waals surface area contributed by atoms with E-state index in [1.54, 1.807) is 6.92 Å². The molecule has 1 fully saturated rings. The molecule has 0 bridgehead atoms. The van der Waals surface area contributed by atoms with Crippen molar-refractivity contribution in [3.8, 4) is 0 Å². The largest absolute Gasteiger partial charge is 0.483 e. The van der Waals surface area contributed by atoms with Crippen LogP contribution >= 0.6 is 23.5 Å². The van der Waals surface area contributed by atoms with E-state index >= 15 is 0 Å². The summed E-state index contributed by atoms with van der Waals surface area (Å²) in [7, 11) is -16.7. The number of carbonyl (C=O) groups is 2. The number of nitrogens with zero attached hydrogens (tertiary/aromatic N) is 4. The lowest BCUT2D eigenvalue weighted by atomic mass is 9.84. The highest BCUT2D eigenvalue weighted by molar-refractivity contribution is 7.61. The highest BCUT2D eigenvalue weighted by atomic mass is 31.3. The van der Waals surface area contributed by atoms with Gasteiger partial charge in [-0.3, -0.25) is 27.7 Å². The van der Waals surface area contributed by atoms with Crippen molar-refractivity contribution in [1.29, 1.82) is 0 Å². The summed E-state index contributed by atoms with van der Waals surface area (Å²) in [4.78, 5) is 75.9. The minimum absolute atomic E-state index is 0.00734. The maximum Gasteiger partial charge on any atom is 0.483 e. The van der Waals surface area contributed by atoms with E-state index in [9.17, 15) is 53.1 Å². The smallest absolute Gasteiger partial charge is 0.385 e. The third-order valence-electron chi connectivity index (χ3n) is 7.45. The fourth-order valence-corrected chi connectivity index (χ4v) is 7.71. The zero-order valence-electron chi connectivity index (χ0n) is 27.5. The molecule has 278 valence electrons. The van der Waals surface area contributed by atoms with Gasteiger partial charge in [0.2, 0.25) is 6.29 Å². The second kappa shape index (κ2) is 16.7. The second-order valence-corrected chi connectivity index (χ2v) is 16.9. The van der Waals surface area contributed by atoms with Crippen LogP contribution in [0.3, 0.4) is 0 Å². The Balaban J connectivity index is 1.62. The second-order valence-electron chi connectivity index (χ2n) is 12.7. The number of imidazole rings is 1. The van der Waals surface area contributed by atoms with E-state index in [4.69, 9.17) is 13.8 Å². The van der Waals surface area contributed by atoms with Crippen LogP contribution in [0.2, 0.25) is 0 Å². The molecular formula is C26H43N4O16P3. The molecule has 2 aromatic heterocycles. The number of ether oxygens (including phenoxy) is 1. The average molecular weight is 761 g/mol. The number of aliphatic hydroxyl groups excluding tert-OH is 2. The Hall–Kier alpha value is -1.86. The van der Waals surface area contributed by atoms with E-state index in [0.717, 1.165) is 23.7 Å². The van der Waals surface area contributed by atoms with Crippen LogP contribution in [0.25, 0.3) is 11.2 Å². The van der Waals surface area contributed by atoms with E-state index in [0.29, 0.717) is 18.0 Å². The topological polar surface area (TPSA) is 296 Å². The number of Topliss-reactive ketones (excluding diaryl/α,β-unsaturated/α-hetero) is 2. The van der Waals surface area contributed by atoms with Crippen LogP contribution in [-0.2, 0) is 45.9 Å². The Bertz CT molecular complexity index is 1610. The van der Waals surface area contributed by atoms with E-state index < -0.39 is 72.1 Å². The fraction of sp³-hybridized carbons (Fsp3) is 0.731. The van der Waals surface area contributed by atoms with Crippen LogP contribution in [0.1, 0.15) is 78.1 Å². The van der Waals surface area contributed by atoms with Gasteiger partial charge in [-0.15, -0.1) is 0 Å². The molecule has 1 aliphatic rings. The Morgan fingerprint density at radius 2 is 1.65 bits per heavy atom. The molecule has 1 saturated heterocycles. The van der Waals surface area contributed by atoms with Gasteiger partial charge >= 0.3 is 23.5 Å². The molecule has 49 heavy (non-hydrogen) atoms. The van der Waals surface area contributed by atoms with E-state index in [2.05, 4.69) is 23.8 Å². The summed E-state index contributed by atoms with van der Waals surface area (Å²) in [5.41, 5.74) is -0.734. The fourth-order valence-electron chi connectivity index (χ4n) is 4.86. The van der Waals surface area contributed by atoms with Crippen molar-refractivity contribution in [3.05, 3.63) is 18.3 Å². The number of hydrogen-bond donors (Lipinski definition) is 6. The van der Waals surface area contributed by atoms with Crippen LogP contribution in [0.15, 0.2) is 12.7 Å². The lowest BCUT2D eigenvalue weighted by Crippen LogP contribution is -2.39. The highest BCUT2D eigenvalue weighted by Gasteiger charge is 2.53. The van der Waals surface area contributed by atoms with Crippen LogP contribution < -0.4 is 0 Å². The lowest BCUT2D eigenvalue weighted by molar-refractivity contribution is -0.135. The summed E-state index contributed by atoms with van der Waals surface area (Å²) in [6.45, 7) is 7.48. The molecule has 0 amide bonds. The number of hydrogen-bond acceptors (Lipinski definition) is 15. The predicted octanol–water partition coefficient (Wildman–Crippen LogP) is 2.60. The zero-order chi connectivity index (χ0) is 36.9. The zero-order valence-corrected chi connectivity index (χ0v) is 30.1. The summed E-state index contributed by atoms with van der Waals surface area (Å²) in [5.74, 6) is -0.207. The number of ketones is 2. The summed E-state index contributed by atoms with van der Waals surface area (Å²) >= 11 is 0. The molecule has 23 heteroatoms. The van der Waals surface area contributed by atoms with Gasteiger partial charge in [-0.25, -0.2) is 28.6 Å². The summed E-state index contributed by atoms with van der Waals surface area (Å²) in [6.07, 6.45) is -5.27. The van der Waals surface area contributed by atoms with Crippen LogP contribution in [0.4, 0.5) is 0 Å². The quantitative estimate of drug-likeness (QED) is 0.106. The number of fused-ring (bicyclic) bond motifs is 1. The molecule has 0 aliphatic carbocycles. The first kappa shape index (κ1) is 41.6. The number of carbonyl (C=O) groups excluding carboxylic acids is 2. The molecule has 1 aliphatic heterocycles. The van der Waals surface area contributed by atoms with Gasteiger partial charge in [0.15, 0.2) is 23.8 Å². The molecule has 0 radical (unpaired) electrons. The Morgan fingerprint density at radius 1 is 1.00 bits per heavy atom. The minimum atomic E-state index is -5.73. The number of rotatable bonds is 20. The van der Waals surface area contributed by atoms with Crippen molar-refractivity contribution in [2.24, 2.45) is 11.3 Å². The maximum atomic E-state index is 12.8. The standard InChI is InChI=1S/C26H43N4O16P3/c1-15(2)8-6-9-17(31)10-7-11-18(32)22(34)26(4,5)12-42-48(38,39)46-49(40,41)45-25-21(44-47(35,36)37)20(33)24(43-25)30-14-29-19-16(3)27-13-28-23(19)30/h13-15,20-22,24-25,33-34H,6-12H2,1-5H3,(H,38,39)(H,40,41)(H2,35,36,37)/t20-,21+,22+,24?,25-/m1/s1. The first-order valence-corrected chi connectivity index (χ1v) is 19.7. The van der Waals surface area contributed by atoms with Gasteiger partial charge in [0, 0.05) is 24.7 Å². The first-order valence-electron chi connectivity index (χ1n) is 15.2. The molecule has 3 rings (SSSR count). The molecule has 20 nitrogen and oxygen atoms in total.